The van der Waals surface area contributed by atoms with Crippen molar-refractivity contribution in [3.63, 3.8) is 0 Å². The van der Waals surface area contributed by atoms with Gasteiger partial charge in [-0.3, -0.25) is 4.79 Å². The van der Waals surface area contributed by atoms with Gasteiger partial charge >= 0.3 is 0 Å². The molecule has 0 saturated carbocycles. The quantitative estimate of drug-likeness (QED) is 0.825. The summed E-state index contributed by atoms with van der Waals surface area (Å²) in [5, 5.41) is -0.945. The minimum absolute atomic E-state index is 0.0736. The molecule has 1 saturated heterocycles. The van der Waals surface area contributed by atoms with Gasteiger partial charge in [0, 0.05) is 18.7 Å². The molecule has 0 spiro atoms. The number of nitrogens with zero attached hydrogens (tertiary/aromatic N) is 1. The number of amides is 1. The van der Waals surface area contributed by atoms with E-state index < -0.39 is 20.9 Å². The van der Waals surface area contributed by atoms with Gasteiger partial charge in [-0.15, -0.1) is 0 Å². The summed E-state index contributed by atoms with van der Waals surface area (Å²) in [6, 6.07) is 12.7. The van der Waals surface area contributed by atoms with E-state index in [1.165, 1.54) is 30.2 Å². The zero-order valence-corrected chi connectivity index (χ0v) is 15.2. The SMILES string of the molecule is COc1ccccc1C(=O)N1CC[C@@H](c2ccccc2F)S(=O)(=O)CC1. The van der Waals surface area contributed by atoms with Crippen LogP contribution >= 0.6 is 0 Å². The Morgan fingerprint density at radius 1 is 1.12 bits per heavy atom. The van der Waals surface area contributed by atoms with Gasteiger partial charge in [0.15, 0.2) is 9.84 Å². The summed E-state index contributed by atoms with van der Waals surface area (Å²) in [6.07, 6.45) is 0.157. The second kappa shape index (κ2) is 7.45. The van der Waals surface area contributed by atoms with Crippen molar-refractivity contribution in [3.05, 3.63) is 65.5 Å². The number of benzene rings is 2. The Balaban J connectivity index is 1.87. The average molecular weight is 377 g/mol. The van der Waals surface area contributed by atoms with Crippen LogP contribution in [0.25, 0.3) is 0 Å². The summed E-state index contributed by atoms with van der Waals surface area (Å²) in [4.78, 5) is 14.3. The van der Waals surface area contributed by atoms with Crippen LogP contribution in [-0.2, 0) is 9.84 Å². The van der Waals surface area contributed by atoms with Crippen molar-refractivity contribution in [2.24, 2.45) is 0 Å². The van der Waals surface area contributed by atoms with Gasteiger partial charge in [-0.25, -0.2) is 12.8 Å². The lowest BCUT2D eigenvalue weighted by atomic mass is 10.1. The van der Waals surface area contributed by atoms with Gasteiger partial charge < -0.3 is 9.64 Å². The second-order valence-corrected chi connectivity index (χ2v) is 8.46. The summed E-state index contributed by atoms with van der Waals surface area (Å²) in [5.74, 6) is -0.583. The molecule has 0 unspecified atom stereocenters. The maximum absolute atomic E-state index is 14.1. The van der Waals surface area contributed by atoms with E-state index in [4.69, 9.17) is 4.74 Å². The van der Waals surface area contributed by atoms with Crippen LogP contribution in [0.4, 0.5) is 4.39 Å². The summed E-state index contributed by atoms with van der Waals surface area (Å²) < 4.78 is 44.6. The molecular formula is C19H20FNO4S. The molecule has 3 rings (SSSR count). The maximum atomic E-state index is 14.1. The number of hydrogen-bond acceptors (Lipinski definition) is 4. The first kappa shape index (κ1) is 18.4. The predicted molar refractivity (Wildman–Crippen MR) is 96.4 cm³/mol. The number of para-hydroxylation sites is 1. The third-order valence-electron chi connectivity index (χ3n) is 4.62. The monoisotopic (exact) mass is 377 g/mol. The van der Waals surface area contributed by atoms with Crippen molar-refractivity contribution in [2.75, 3.05) is 26.0 Å². The number of ether oxygens (including phenoxy) is 1. The standard InChI is InChI=1S/C19H20FNO4S/c1-25-17-9-5-3-7-15(17)19(22)21-11-10-18(26(23,24)13-12-21)14-6-2-4-8-16(14)20/h2-9,18H,10-13H2,1H3/t18-/m0/s1. The van der Waals surface area contributed by atoms with E-state index >= 15 is 0 Å². The molecule has 0 N–H and O–H groups in total. The van der Waals surface area contributed by atoms with Crippen LogP contribution in [0.1, 0.15) is 27.6 Å². The zero-order valence-electron chi connectivity index (χ0n) is 14.4. The fourth-order valence-electron chi connectivity index (χ4n) is 3.22. The molecule has 26 heavy (non-hydrogen) atoms. The number of methoxy groups -OCH3 is 1. The number of carbonyl (C=O) groups excluding carboxylic acids is 1. The molecule has 5 nitrogen and oxygen atoms in total. The first-order chi connectivity index (χ1) is 12.4. The molecule has 1 aliphatic rings. The van der Waals surface area contributed by atoms with Gasteiger partial charge in [0.1, 0.15) is 11.6 Å². The molecule has 1 amide bonds. The number of sulfone groups is 1. The molecule has 138 valence electrons. The lowest BCUT2D eigenvalue weighted by Gasteiger charge is -2.21. The summed E-state index contributed by atoms with van der Waals surface area (Å²) in [6.45, 7) is 0.305. The lowest BCUT2D eigenvalue weighted by Crippen LogP contribution is -2.33. The number of rotatable bonds is 3. The Morgan fingerprint density at radius 2 is 1.81 bits per heavy atom. The topological polar surface area (TPSA) is 63.7 Å². The van der Waals surface area contributed by atoms with Crippen molar-refractivity contribution in [1.82, 2.24) is 4.90 Å². The van der Waals surface area contributed by atoms with Gasteiger partial charge in [0.2, 0.25) is 0 Å². The van der Waals surface area contributed by atoms with Crippen LogP contribution in [0.3, 0.4) is 0 Å². The smallest absolute Gasteiger partial charge is 0.257 e. The highest BCUT2D eigenvalue weighted by Crippen LogP contribution is 2.32. The van der Waals surface area contributed by atoms with Crippen LogP contribution in [-0.4, -0.2) is 45.2 Å². The number of hydrogen-bond donors (Lipinski definition) is 0. The fourth-order valence-corrected chi connectivity index (χ4v) is 5.03. The molecule has 7 heteroatoms. The van der Waals surface area contributed by atoms with E-state index in [1.807, 2.05) is 0 Å². The second-order valence-electron chi connectivity index (χ2n) is 6.16. The Bertz CT molecular complexity index is 913. The van der Waals surface area contributed by atoms with Crippen LogP contribution in [0.2, 0.25) is 0 Å². The highest BCUT2D eigenvalue weighted by molar-refractivity contribution is 7.91. The Morgan fingerprint density at radius 3 is 2.54 bits per heavy atom. The first-order valence-corrected chi connectivity index (χ1v) is 10.0. The summed E-state index contributed by atoms with van der Waals surface area (Å²) >= 11 is 0. The zero-order chi connectivity index (χ0) is 18.7. The number of halogens is 1. The minimum atomic E-state index is -3.57. The third-order valence-corrected chi connectivity index (χ3v) is 6.73. The summed E-state index contributed by atoms with van der Waals surface area (Å²) in [7, 11) is -2.09. The van der Waals surface area contributed by atoms with Gasteiger partial charge in [0.25, 0.3) is 5.91 Å². The third kappa shape index (κ3) is 3.58. The van der Waals surface area contributed by atoms with E-state index in [1.54, 1.807) is 30.3 Å². The minimum Gasteiger partial charge on any atom is -0.496 e. The predicted octanol–water partition coefficient (Wildman–Crippen LogP) is 2.84. The normalized spacial score (nSPS) is 19.6. The molecule has 0 bridgehead atoms. The molecule has 1 atom stereocenters. The van der Waals surface area contributed by atoms with Gasteiger partial charge in [0.05, 0.1) is 23.7 Å². The Kier molecular flexibility index (Phi) is 5.27. The average Bonchev–Trinajstić information content (AvgIpc) is 2.80. The highest BCUT2D eigenvalue weighted by Gasteiger charge is 2.34. The molecule has 2 aromatic rings. The van der Waals surface area contributed by atoms with Crippen molar-refractivity contribution >= 4 is 15.7 Å². The molecule has 1 fully saturated rings. The molecule has 0 aliphatic carbocycles. The Labute approximate surface area is 152 Å². The lowest BCUT2D eigenvalue weighted by molar-refractivity contribution is 0.0763. The van der Waals surface area contributed by atoms with Crippen LogP contribution in [0.15, 0.2) is 48.5 Å². The van der Waals surface area contributed by atoms with E-state index in [0.717, 1.165) is 0 Å². The molecule has 0 radical (unpaired) electrons. The van der Waals surface area contributed by atoms with E-state index in [9.17, 15) is 17.6 Å². The van der Waals surface area contributed by atoms with E-state index in [0.29, 0.717) is 11.3 Å². The number of carbonyl (C=O) groups is 1. The molecule has 1 aliphatic heterocycles. The van der Waals surface area contributed by atoms with E-state index in [-0.39, 0.29) is 36.7 Å². The van der Waals surface area contributed by atoms with Gasteiger partial charge in [-0.1, -0.05) is 30.3 Å². The first-order valence-electron chi connectivity index (χ1n) is 8.32. The van der Waals surface area contributed by atoms with Gasteiger partial charge in [-0.05, 0) is 24.6 Å². The molecular weight excluding hydrogens is 357 g/mol. The van der Waals surface area contributed by atoms with Crippen LogP contribution in [0, 0.1) is 5.82 Å². The van der Waals surface area contributed by atoms with Crippen molar-refractivity contribution in [2.45, 2.75) is 11.7 Å². The van der Waals surface area contributed by atoms with Crippen molar-refractivity contribution < 1.29 is 22.3 Å². The van der Waals surface area contributed by atoms with Crippen LogP contribution < -0.4 is 4.74 Å². The molecule has 2 aromatic carbocycles. The Hall–Kier alpha value is -2.41. The fraction of sp³-hybridized carbons (Fsp3) is 0.316. The maximum Gasteiger partial charge on any atom is 0.257 e. The van der Waals surface area contributed by atoms with Crippen LogP contribution in [0.5, 0.6) is 5.75 Å². The van der Waals surface area contributed by atoms with Crippen molar-refractivity contribution in [3.8, 4) is 5.75 Å². The van der Waals surface area contributed by atoms with Crippen molar-refractivity contribution in [1.29, 1.82) is 0 Å². The molecule has 0 aromatic heterocycles. The molecule has 1 heterocycles. The van der Waals surface area contributed by atoms with Gasteiger partial charge in [-0.2, -0.15) is 0 Å². The largest absolute Gasteiger partial charge is 0.496 e. The highest BCUT2D eigenvalue weighted by atomic mass is 32.2. The summed E-state index contributed by atoms with van der Waals surface area (Å²) in [5.41, 5.74) is 0.552. The van der Waals surface area contributed by atoms with E-state index in [2.05, 4.69) is 0 Å².